The Labute approximate surface area is 198 Å². The summed E-state index contributed by atoms with van der Waals surface area (Å²) in [5, 5.41) is 7.37. The van der Waals surface area contributed by atoms with Gasteiger partial charge in [0.05, 0.1) is 42.7 Å². The average molecular weight is 486 g/mol. The van der Waals surface area contributed by atoms with Crippen LogP contribution >= 0.6 is 0 Å². The summed E-state index contributed by atoms with van der Waals surface area (Å²) in [5.41, 5.74) is 1.93. The van der Waals surface area contributed by atoms with E-state index in [1.165, 1.54) is 0 Å². The number of ether oxygens (including phenoxy) is 3. The van der Waals surface area contributed by atoms with Crippen LogP contribution in [0.2, 0.25) is 0 Å². The molecule has 0 radical (unpaired) electrons. The minimum Gasteiger partial charge on any atom is -0.490 e. The Balaban J connectivity index is 1.76. The maximum atomic E-state index is 13.4. The first-order valence-corrected chi connectivity index (χ1v) is 12.9. The lowest BCUT2D eigenvalue weighted by atomic mass is 10.1. The molecule has 4 rings (SSSR count). The second kappa shape index (κ2) is 9.76. The van der Waals surface area contributed by atoms with Crippen molar-refractivity contribution in [2.24, 2.45) is 0 Å². The second-order valence-corrected chi connectivity index (χ2v) is 9.67. The van der Waals surface area contributed by atoms with Gasteiger partial charge in [-0.15, -0.1) is 0 Å². The number of benzene rings is 2. The maximum absolute atomic E-state index is 13.4. The summed E-state index contributed by atoms with van der Waals surface area (Å²) in [6.45, 7) is 6.69. The molecule has 0 spiro atoms. The van der Waals surface area contributed by atoms with E-state index < -0.39 is 15.7 Å². The minimum atomic E-state index is -3.31. The lowest BCUT2D eigenvalue weighted by Gasteiger charge is -2.17. The molecule has 1 amide bonds. The van der Waals surface area contributed by atoms with E-state index in [4.69, 9.17) is 14.2 Å². The van der Waals surface area contributed by atoms with E-state index >= 15 is 0 Å². The van der Waals surface area contributed by atoms with E-state index in [-0.39, 0.29) is 17.1 Å². The fourth-order valence-electron chi connectivity index (χ4n) is 3.83. The van der Waals surface area contributed by atoms with Gasteiger partial charge in [-0.2, -0.15) is 5.10 Å². The fourth-order valence-corrected chi connectivity index (χ4v) is 5.32. The van der Waals surface area contributed by atoms with Crippen molar-refractivity contribution in [2.45, 2.75) is 32.3 Å². The Morgan fingerprint density at radius 2 is 1.59 bits per heavy atom. The Kier molecular flexibility index (Phi) is 6.78. The highest BCUT2D eigenvalue weighted by Crippen LogP contribution is 2.40. The summed E-state index contributed by atoms with van der Waals surface area (Å²) in [6, 6.07) is 12.4. The third kappa shape index (κ3) is 4.72. The molecule has 1 aromatic heterocycles. The molecule has 9 nitrogen and oxygen atoms in total. The largest absolute Gasteiger partial charge is 0.490 e. The highest BCUT2D eigenvalue weighted by molar-refractivity contribution is 7.90. The van der Waals surface area contributed by atoms with E-state index in [0.717, 1.165) is 0 Å². The van der Waals surface area contributed by atoms with Crippen molar-refractivity contribution < 1.29 is 27.4 Å². The van der Waals surface area contributed by atoms with Crippen LogP contribution in [0, 0.1) is 0 Å². The quantitative estimate of drug-likeness (QED) is 0.492. The molecule has 1 aliphatic rings. The predicted octanol–water partition coefficient (Wildman–Crippen LogP) is 3.75. The van der Waals surface area contributed by atoms with E-state index in [1.54, 1.807) is 16.8 Å². The van der Waals surface area contributed by atoms with Gasteiger partial charge < -0.3 is 19.5 Å². The van der Waals surface area contributed by atoms with Gasteiger partial charge >= 0.3 is 0 Å². The molecular weight excluding hydrogens is 458 g/mol. The van der Waals surface area contributed by atoms with Gasteiger partial charge in [0, 0.05) is 11.1 Å². The van der Waals surface area contributed by atoms with E-state index in [1.807, 2.05) is 51.1 Å². The van der Waals surface area contributed by atoms with Crippen molar-refractivity contribution in [3.05, 3.63) is 59.3 Å². The van der Waals surface area contributed by atoms with Crippen LogP contribution in [-0.2, 0) is 21.3 Å². The van der Waals surface area contributed by atoms with Gasteiger partial charge in [-0.3, -0.25) is 4.79 Å². The van der Waals surface area contributed by atoms with Crippen LogP contribution in [0.5, 0.6) is 17.2 Å². The van der Waals surface area contributed by atoms with Crippen molar-refractivity contribution in [1.29, 1.82) is 0 Å². The number of hydrogen-bond acceptors (Lipinski definition) is 7. The lowest BCUT2D eigenvalue weighted by molar-refractivity contribution is 0.102. The Morgan fingerprint density at radius 1 is 0.971 bits per heavy atom. The molecule has 10 heteroatoms. The monoisotopic (exact) mass is 485 g/mol. The number of sulfone groups is 1. The summed E-state index contributed by atoms with van der Waals surface area (Å²) in [5.74, 6) is 0.768. The predicted molar refractivity (Wildman–Crippen MR) is 128 cm³/mol. The van der Waals surface area contributed by atoms with Crippen molar-refractivity contribution in [1.82, 2.24) is 9.78 Å². The van der Waals surface area contributed by atoms with Gasteiger partial charge in [0.15, 0.2) is 21.3 Å². The number of rotatable bonds is 9. The first kappa shape index (κ1) is 23.6. The van der Waals surface area contributed by atoms with Gasteiger partial charge in [0.1, 0.15) is 5.82 Å². The molecule has 3 aromatic rings. The summed E-state index contributed by atoms with van der Waals surface area (Å²) >= 11 is 0. The smallest absolute Gasteiger partial charge is 0.257 e. The number of nitrogens with one attached hydrogen (secondary N) is 1. The number of amides is 1. The molecule has 180 valence electrons. The number of aromatic nitrogens is 2. The number of hydrogen-bond donors (Lipinski definition) is 1. The first-order valence-electron chi connectivity index (χ1n) is 11.1. The zero-order valence-electron chi connectivity index (χ0n) is 19.3. The fraction of sp³-hybridized carbons (Fsp3) is 0.333. The third-order valence-corrected chi connectivity index (χ3v) is 6.63. The zero-order valence-corrected chi connectivity index (χ0v) is 20.1. The number of nitrogens with zero attached hydrogens (tertiary/aromatic N) is 2. The van der Waals surface area contributed by atoms with Gasteiger partial charge in [0.2, 0.25) is 5.75 Å². The van der Waals surface area contributed by atoms with Crippen LogP contribution in [0.3, 0.4) is 0 Å². The van der Waals surface area contributed by atoms with Crippen LogP contribution in [0.15, 0.2) is 42.5 Å². The van der Waals surface area contributed by atoms with Gasteiger partial charge in [-0.05, 0) is 45.0 Å². The molecule has 0 atom stereocenters. The minimum absolute atomic E-state index is 0.156. The molecule has 2 aromatic carbocycles. The molecule has 1 N–H and O–H groups in total. The molecule has 2 heterocycles. The topological polar surface area (TPSA) is 109 Å². The first-order chi connectivity index (χ1) is 16.4. The van der Waals surface area contributed by atoms with Crippen LogP contribution in [0.1, 0.15) is 42.4 Å². The molecule has 1 aliphatic heterocycles. The lowest BCUT2D eigenvalue weighted by Crippen LogP contribution is -2.17. The number of carbonyl (C=O) groups excluding carboxylic acids is 1. The van der Waals surface area contributed by atoms with Crippen LogP contribution in [-0.4, -0.2) is 43.9 Å². The van der Waals surface area contributed by atoms with Crippen molar-refractivity contribution in [2.75, 3.05) is 25.1 Å². The standard InChI is InChI=1S/C24H27N3O6S/c1-4-31-20-12-16(13-21(32-5-2)22(20)33-6-3)24(28)25-23-18-14-34(29,30)15-19(18)26-27(23)17-10-8-7-9-11-17/h7-13H,4-6,14-15H2,1-3H3,(H,25,28). The van der Waals surface area contributed by atoms with E-state index in [0.29, 0.717) is 59.8 Å². The van der Waals surface area contributed by atoms with E-state index in [2.05, 4.69) is 10.4 Å². The van der Waals surface area contributed by atoms with Gasteiger partial charge in [-0.25, -0.2) is 13.1 Å². The van der Waals surface area contributed by atoms with Gasteiger partial charge in [0.25, 0.3) is 5.91 Å². The summed E-state index contributed by atoms with van der Waals surface area (Å²) < 4.78 is 43.2. The van der Waals surface area contributed by atoms with Crippen molar-refractivity contribution >= 4 is 21.6 Å². The van der Waals surface area contributed by atoms with Crippen LogP contribution < -0.4 is 19.5 Å². The summed E-state index contributed by atoms with van der Waals surface area (Å²) in [4.78, 5) is 13.4. The van der Waals surface area contributed by atoms with Gasteiger partial charge in [-0.1, -0.05) is 18.2 Å². The molecule has 0 bridgehead atoms. The van der Waals surface area contributed by atoms with Crippen molar-refractivity contribution in [3.63, 3.8) is 0 Å². The molecule has 0 unspecified atom stereocenters. The number of carbonyl (C=O) groups is 1. The number of para-hydroxylation sites is 1. The maximum Gasteiger partial charge on any atom is 0.257 e. The van der Waals surface area contributed by atoms with Crippen molar-refractivity contribution in [3.8, 4) is 22.9 Å². The molecule has 0 aliphatic carbocycles. The zero-order chi connectivity index (χ0) is 24.3. The third-order valence-electron chi connectivity index (χ3n) is 5.19. The normalized spacial score (nSPS) is 13.9. The Morgan fingerprint density at radius 3 is 2.18 bits per heavy atom. The molecule has 0 saturated heterocycles. The Bertz CT molecular complexity index is 1270. The molecule has 34 heavy (non-hydrogen) atoms. The SMILES string of the molecule is CCOc1cc(C(=O)Nc2c3c(nn2-c2ccccc2)CS(=O)(=O)C3)cc(OCC)c1OCC. The molecule has 0 saturated carbocycles. The highest BCUT2D eigenvalue weighted by atomic mass is 32.2. The molecule has 0 fully saturated rings. The Hall–Kier alpha value is -3.53. The van der Waals surface area contributed by atoms with Crippen LogP contribution in [0.4, 0.5) is 5.82 Å². The summed E-state index contributed by atoms with van der Waals surface area (Å²) in [6.07, 6.45) is 0. The van der Waals surface area contributed by atoms with Crippen LogP contribution in [0.25, 0.3) is 5.69 Å². The average Bonchev–Trinajstić information content (AvgIpc) is 3.28. The highest BCUT2D eigenvalue weighted by Gasteiger charge is 2.33. The second-order valence-electron chi connectivity index (χ2n) is 7.61. The summed E-state index contributed by atoms with van der Waals surface area (Å²) in [7, 11) is -3.31. The van der Waals surface area contributed by atoms with E-state index in [9.17, 15) is 13.2 Å². The number of fused-ring (bicyclic) bond motifs is 1. The number of anilines is 1. The molecular formula is C24H27N3O6S.